The lowest BCUT2D eigenvalue weighted by atomic mass is 10.0. The second-order valence-corrected chi connectivity index (χ2v) is 11.3. The summed E-state index contributed by atoms with van der Waals surface area (Å²) in [6, 6.07) is 13.5. The molecule has 1 aliphatic rings. The molecule has 1 fully saturated rings. The number of amides is 1. The second kappa shape index (κ2) is 10.7. The van der Waals surface area contributed by atoms with Gasteiger partial charge >= 0.3 is 0 Å². The first-order chi connectivity index (χ1) is 18.7. The van der Waals surface area contributed by atoms with E-state index in [9.17, 15) is 13.2 Å². The number of benzene rings is 2. The van der Waals surface area contributed by atoms with Crippen molar-refractivity contribution in [2.45, 2.75) is 50.5 Å². The average Bonchev–Trinajstić information content (AvgIpc) is 3.56. The van der Waals surface area contributed by atoms with Crippen molar-refractivity contribution < 1.29 is 22.7 Å². The number of nitrogens with zero attached hydrogens (tertiary/aromatic N) is 3. The standard InChI is InChI=1S/C28H31N5O5S/c1-17-15-18(2)33-27(29-17)25(26(31-33)28(34)30-20-10-12-22(37-3)13-11-20)19-9-14-23(38-4)24(16-19)39(35,36)32-21-7-5-6-8-21/h9-16,21,32H,5-8H2,1-4H3,(H,30,34). The van der Waals surface area contributed by atoms with Gasteiger partial charge in [-0.3, -0.25) is 4.79 Å². The molecule has 2 aromatic heterocycles. The fourth-order valence-corrected chi connectivity index (χ4v) is 6.48. The van der Waals surface area contributed by atoms with Gasteiger partial charge in [0.25, 0.3) is 5.91 Å². The first-order valence-corrected chi connectivity index (χ1v) is 14.2. The molecule has 0 aliphatic heterocycles. The molecular formula is C28H31N5O5S. The molecule has 1 amide bonds. The predicted octanol–water partition coefficient (Wildman–Crippen LogP) is 4.50. The van der Waals surface area contributed by atoms with Crippen LogP contribution in [-0.4, -0.2) is 49.2 Å². The molecule has 11 heteroatoms. The Morgan fingerprint density at radius 1 is 1.00 bits per heavy atom. The summed E-state index contributed by atoms with van der Waals surface area (Å²) in [7, 11) is -0.892. The normalized spacial score (nSPS) is 14.1. The van der Waals surface area contributed by atoms with E-state index < -0.39 is 15.9 Å². The highest BCUT2D eigenvalue weighted by Crippen LogP contribution is 2.35. The molecule has 0 unspecified atom stereocenters. The molecule has 10 nitrogen and oxygen atoms in total. The van der Waals surface area contributed by atoms with Crippen molar-refractivity contribution in [1.29, 1.82) is 0 Å². The number of hydrogen-bond acceptors (Lipinski definition) is 7. The van der Waals surface area contributed by atoms with E-state index in [0.29, 0.717) is 28.2 Å². The maximum absolute atomic E-state index is 13.6. The first kappa shape index (κ1) is 26.6. The summed E-state index contributed by atoms with van der Waals surface area (Å²) in [5.74, 6) is 0.419. The number of rotatable bonds is 8. The summed E-state index contributed by atoms with van der Waals surface area (Å²) in [6.45, 7) is 3.73. The highest BCUT2D eigenvalue weighted by atomic mass is 32.2. The minimum atomic E-state index is -3.89. The van der Waals surface area contributed by atoms with Crippen LogP contribution in [0.15, 0.2) is 53.4 Å². The van der Waals surface area contributed by atoms with Gasteiger partial charge in [0.05, 0.1) is 19.8 Å². The molecule has 0 spiro atoms. The number of anilines is 1. The number of nitrogens with one attached hydrogen (secondary N) is 2. The number of hydrogen-bond donors (Lipinski definition) is 2. The lowest BCUT2D eigenvalue weighted by Crippen LogP contribution is -2.32. The summed E-state index contributed by atoms with van der Waals surface area (Å²) in [5, 5.41) is 7.48. The number of sulfonamides is 1. The molecule has 0 radical (unpaired) electrons. The van der Waals surface area contributed by atoms with Gasteiger partial charge in [0.1, 0.15) is 16.4 Å². The van der Waals surface area contributed by atoms with Crippen LogP contribution >= 0.6 is 0 Å². The van der Waals surface area contributed by atoms with Crippen molar-refractivity contribution in [3.8, 4) is 22.6 Å². The minimum Gasteiger partial charge on any atom is -0.497 e. The molecule has 1 saturated carbocycles. The summed E-state index contributed by atoms with van der Waals surface area (Å²) < 4.78 is 42.0. The predicted molar refractivity (Wildman–Crippen MR) is 148 cm³/mol. The highest BCUT2D eigenvalue weighted by Gasteiger charge is 2.29. The van der Waals surface area contributed by atoms with E-state index in [1.807, 2.05) is 19.9 Å². The van der Waals surface area contributed by atoms with Crippen LogP contribution in [0.3, 0.4) is 0 Å². The van der Waals surface area contributed by atoms with E-state index in [4.69, 9.17) is 9.47 Å². The largest absolute Gasteiger partial charge is 0.497 e. The second-order valence-electron chi connectivity index (χ2n) is 9.65. The Labute approximate surface area is 227 Å². The third-order valence-corrected chi connectivity index (χ3v) is 8.42. The van der Waals surface area contributed by atoms with Crippen LogP contribution in [0, 0.1) is 13.8 Å². The Morgan fingerprint density at radius 2 is 1.72 bits per heavy atom. The SMILES string of the molecule is COc1ccc(NC(=O)c2nn3c(C)cc(C)nc3c2-c2ccc(OC)c(S(=O)(=O)NC3CCCC3)c2)cc1. The van der Waals surface area contributed by atoms with Gasteiger partial charge in [-0.05, 0) is 74.7 Å². The number of aryl methyl sites for hydroxylation is 2. The number of ether oxygens (including phenoxy) is 2. The molecule has 4 aromatic rings. The van der Waals surface area contributed by atoms with Crippen molar-refractivity contribution >= 4 is 27.3 Å². The van der Waals surface area contributed by atoms with Crippen molar-refractivity contribution in [3.63, 3.8) is 0 Å². The summed E-state index contributed by atoms with van der Waals surface area (Å²) >= 11 is 0. The highest BCUT2D eigenvalue weighted by molar-refractivity contribution is 7.89. The number of carbonyl (C=O) groups is 1. The van der Waals surface area contributed by atoms with Gasteiger partial charge in [-0.2, -0.15) is 5.10 Å². The Morgan fingerprint density at radius 3 is 2.38 bits per heavy atom. The Hall–Kier alpha value is -3.96. The van der Waals surface area contributed by atoms with E-state index in [2.05, 4.69) is 20.1 Å². The maximum Gasteiger partial charge on any atom is 0.276 e. The molecule has 0 saturated heterocycles. The molecular weight excluding hydrogens is 518 g/mol. The number of methoxy groups -OCH3 is 2. The van der Waals surface area contributed by atoms with E-state index in [1.165, 1.54) is 13.2 Å². The Bertz CT molecular complexity index is 1640. The topological polar surface area (TPSA) is 124 Å². The minimum absolute atomic E-state index is 0.000336. The average molecular weight is 550 g/mol. The van der Waals surface area contributed by atoms with Crippen molar-refractivity contribution in [1.82, 2.24) is 19.3 Å². The van der Waals surface area contributed by atoms with Crippen molar-refractivity contribution in [3.05, 3.63) is 65.6 Å². The molecule has 0 bridgehead atoms. The smallest absolute Gasteiger partial charge is 0.276 e. The molecule has 0 atom stereocenters. The molecule has 1 aliphatic carbocycles. The van der Waals surface area contributed by atoms with E-state index in [1.54, 1.807) is 48.0 Å². The van der Waals surface area contributed by atoms with Crippen LogP contribution in [0.5, 0.6) is 11.5 Å². The Balaban J connectivity index is 1.63. The van der Waals surface area contributed by atoms with Gasteiger partial charge < -0.3 is 14.8 Å². The van der Waals surface area contributed by atoms with E-state index in [-0.39, 0.29) is 22.4 Å². The van der Waals surface area contributed by atoms with Gasteiger partial charge in [0, 0.05) is 23.1 Å². The number of fused-ring (bicyclic) bond motifs is 1. The van der Waals surface area contributed by atoms with Crippen LogP contribution in [0.25, 0.3) is 16.8 Å². The zero-order valence-corrected chi connectivity index (χ0v) is 23.1. The van der Waals surface area contributed by atoms with E-state index in [0.717, 1.165) is 37.1 Å². The van der Waals surface area contributed by atoms with Crippen LogP contribution in [-0.2, 0) is 10.0 Å². The molecule has 2 heterocycles. The third kappa shape index (κ3) is 5.32. The molecule has 2 aromatic carbocycles. The fraction of sp³-hybridized carbons (Fsp3) is 0.321. The monoisotopic (exact) mass is 549 g/mol. The van der Waals surface area contributed by atoms with Gasteiger partial charge in [-0.25, -0.2) is 22.6 Å². The number of carbonyl (C=O) groups excluding carboxylic acids is 1. The Kier molecular flexibility index (Phi) is 7.28. The van der Waals surface area contributed by atoms with Crippen LogP contribution < -0.4 is 19.5 Å². The summed E-state index contributed by atoms with van der Waals surface area (Å²) in [6.07, 6.45) is 3.58. The number of aromatic nitrogens is 3. The van der Waals surface area contributed by atoms with Gasteiger partial charge in [-0.1, -0.05) is 18.9 Å². The molecule has 204 valence electrons. The summed E-state index contributed by atoms with van der Waals surface area (Å²) in [4.78, 5) is 18.2. The van der Waals surface area contributed by atoms with Crippen LogP contribution in [0.2, 0.25) is 0 Å². The maximum atomic E-state index is 13.6. The van der Waals surface area contributed by atoms with Crippen molar-refractivity contribution in [2.24, 2.45) is 0 Å². The van der Waals surface area contributed by atoms with Crippen LogP contribution in [0.4, 0.5) is 5.69 Å². The zero-order chi connectivity index (χ0) is 27.7. The lowest BCUT2D eigenvalue weighted by molar-refractivity contribution is 0.102. The van der Waals surface area contributed by atoms with Crippen LogP contribution in [0.1, 0.15) is 47.6 Å². The third-order valence-electron chi connectivity index (χ3n) is 6.88. The first-order valence-electron chi connectivity index (χ1n) is 12.7. The van der Waals surface area contributed by atoms with E-state index >= 15 is 0 Å². The fourth-order valence-electron chi connectivity index (χ4n) is 4.98. The molecule has 39 heavy (non-hydrogen) atoms. The molecule has 2 N–H and O–H groups in total. The quantitative estimate of drug-likeness (QED) is 0.332. The van der Waals surface area contributed by atoms with Gasteiger partial charge in [0.2, 0.25) is 10.0 Å². The summed E-state index contributed by atoms with van der Waals surface area (Å²) in [5.41, 5.74) is 3.55. The van der Waals surface area contributed by atoms with Gasteiger partial charge in [-0.15, -0.1) is 0 Å². The zero-order valence-electron chi connectivity index (χ0n) is 22.3. The lowest BCUT2D eigenvalue weighted by Gasteiger charge is -2.16. The van der Waals surface area contributed by atoms with Crippen molar-refractivity contribution in [2.75, 3.05) is 19.5 Å². The van der Waals surface area contributed by atoms with Gasteiger partial charge in [0.15, 0.2) is 11.3 Å². The molecule has 5 rings (SSSR count).